The number of fused-ring (bicyclic) bond motifs is 1. The fourth-order valence-corrected chi connectivity index (χ4v) is 2.34. The van der Waals surface area contributed by atoms with E-state index in [1.54, 1.807) is 0 Å². The van der Waals surface area contributed by atoms with E-state index in [2.05, 4.69) is 36.2 Å². The number of rotatable bonds is 1. The Morgan fingerprint density at radius 2 is 2.43 bits per heavy atom. The Labute approximate surface area is 89.9 Å². The largest absolute Gasteiger partial charge is 0.355 e. The summed E-state index contributed by atoms with van der Waals surface area (Å²) in [7, 11) is 0. The SMILES string of the molecule is O=C1NCC2C=C(CS)CCC=CC12. The van der Waals surface area contributed by atoms with Crippen molar-refractivity contribution in [2.45, 2.75) is 12.8 Å². The van der Waals surface area contributed by atoms with Crippen molar-refractivity contribution in [2.75, 3.05) is 12.3 Å². The van der Waals surface area contributed by atoms with Crippen LogP contribution >= 0.6 is 12.6 Å². The van der Waals surface area contributed by atoms with Crippen LogP contribution < -0.4 is 5.32 Å². The molecule has 2 unspecified atom stereocenters. The first kappa shape index (κ1) is 9.84. The molecule has 3 heteroatoms. The van der Waals surface area contributed by atoms with Crippen molar-refractivity contribution < 1.29 is 4.79 Å². The van der Waals surface area contributed by atoms with E-state index < -0.39 is 0 Å². The Morgan fingerprint density at radius 1 is 1.57 bits per heavy atom. The maximum atomic E-state index is 11.5. The molecule has 0 saturated carbocycles. The number of hydrogen-bond acceptors (Lipinski definition) is 2. The van der Waals surface area contributed by atoms with Crippen molar-refractivity contribution in [3.8, 4) is 0 Å². The van der Waals surface area contributed by atoms with Gasteiger partial charge in [-0.2, -0.15) is 12.6 Å². The summed E-state index contributed by atoms with van der Waals surface area (Å²) in [5.41, 5.74) is 1.36. The Morgan fingerprint density at radius 3 is 3.21 bits per heavy atom. The summed E-state index contributed by atoms with van der Waals surface area (Å²) in [6.07, 6.45) is 8.52. The van der Waals surface area contributed by atoms with Crippen LogP contribution in [0.15, 0.2) is 23.8 Å². The Kier molecular flexibility index (Phi) is 2.96. The zero-order chi connectivity index (χ0) is 9.97. The van der Waals surface area contributed by atoms with Crippen LogP contribution in [-0.4, -0.2) is 18.2 Å². The summed E-state index contributed by atoms with van der Waals surface area (Å²) in [6, 6.07) is 0. The normalized spacial score (nSPS) is 31.5. The van der Waals surface area contributed by atoms with Crippen molar-refractivity contribution in [1.82, 2.24) is 5.32 Å². The summed E-state index contributed by atoms with van der Waals surface area (Å²) in [4.78, 5) is 11.5. The van der Waals surface area contributed by atoms with Gasteiger partial charge in [-0.15, -0.1) is 0 Å². The van der Waals surface area contributed by atoms with Gasteiger partial charge in [-0.05, 0) is 12.8 Å². The van der Waals surface area contributed by atoms with Gasteiger partial charge < -0.3 is 5.32 Å². The van der Waals surface area contributed by atoms with Gasteiger partial charge in [0.2, 0.25) is 5.91 Å². The quantitative estimate of drug-likeness (QED) is 0.498. The molecule has 2 aliphatic rings. The summed E-state index contributed by atoms with van der Waals surface area (Å²) in [5, 5.41) is 2.90. The molecule has 1 aliphatic carbocycles. The molecular weight excluding hydrogens is 194 g/mol. The molecule has 1 fully saturated rings. The smallest absolute Gasteiger partial charge is 0.227 e. The molecule has 0 bridgehead atoms. The molecule has 0 spiro atoms. The van der Waals surface area contributed by atoms with E-state index in [4.69, 9.17) is 0 Å². The predicted octanol–water partition coefficient (Wildman–Crippen LogP) is 1.55. The lowest BCUT2D eigenvalue weighted by Crippen LogP contribution is -2.18. The second-order valence-electron chi connectivity index (χ2n) is 3.88. The van der Waals surface area contributed by atoms with Gasteiger partial charge in [0.05, 0.1) is 5.92 Å². The van der Waals surface area contributed by atoms with Crippen molar-refractivity contribution in [2.24, 2.45) is 11.8 Å². The van der Waals surface area contributed by atoms with E-state index in [0.29, 0.717) is 5.92 Å². The highest BCUT2D eigenvalue weighted by molar-refractivity contribution is 7.80. The number of nitrogens with one attached hydrogen (secondary N) is 1. The van der Waals surface area contributed by atoms with Crippen LogP contribution in [0, 0.1) is 11.8 Å². The van der Waals surface area contributed by atoms with Gasteiger partial charge in [0.15, 0.2) is 0 Å². The molecule has 0 aromatic rings. The molecule has 14 heavy (non-hydrogen) atoms. The Bertz CT molecular complexity index is 296. The zero-order valence-corrected chi connectivity index (χ0v) is 8.97. The third kappa shape index (κ3) is 1.87. The second-order valence-corrected chi connectivity index (χ2v) is 4.20. The van der Waals surface area contributed by atoms with Crippen molar-refractivity contribution in [1.29, 1.82) is 0 Å². The molecule has 2 nitrogen and oxygen atoms in total. The first-order valence-electron chi connectivity index (χ1n) is 5.06. The number of carbonyl (C=O) groups is 1. The molecule has 1 saturated heterocycles. The van der Waals surface area contributed by atoms with E-state index in [0.717, 1.165) is 25.1 Å². The molecule has 0 aromatic heterocycles. The predicted molar refractivity (Wildman–Crippen MR) is 60.3 cm³/mol. The van der Waals surface area contributed by atoms with Crippen molar-refractivity contribution >= 4 is 18.5 Å². The molecular formula is C11H15NOS. The van der Waals surface area contributed by atoms with E-state index >= 15 is 0 Å². The third-order valence-corrected chi connectivity index (χ3v) is 3.31. The van der Waals surface area contributed by atoms with Crippen molar-refractivity contribution in [3.63, 3.8) is 0 Å². The van der Waals surface area contributed by atoms with Gasteiger partial charge in [-0.3, -0.25) is 4.79 Å². The summed E-state index contributed by atoms with van der Waals surface area (Å²) in [6.45, 7) is 0.783. The fourth-order valence-electron chi connectivity index (χ4n) is 2.08. The van der Waals surface area contributed by atoms with E-state index in [9.17, 15) is 4.79 Å². The van der Waals surface area contributed by atoms with Gasteiger partial charge in [0.1, 0.15) is 0 Å². The van der Waals surface area contributed by atoms with Gasteiger partial charge in [0, 0.05) is 18.2 Å². The molecule has 2 rings (SSSR count). The maximum absolute atomic E-state index is 11.5. The fraction of sp³-hybridized carbons (Fsp3) is 0.545. The van der Waals surface area contributed by atoms with Crippen LogP contribution in [0.2, 0.25) is 0 Å². The van der Waals surface area contributed by atoms with Crippen LogP contribution in [0.25, 0.3) is 0 Å². The standard InChI is InChI=1S/C11H15NOS/c13-11-10-4-2-1-3-8(7-14)5-9(10)6-12-11/h2,4-5,9-10,14H,1,3,6-7H2,(H,12,13). The lowest BCUT2D eigenvalue weighted by atomic mass is 9.90. The average molecular weight is 209 g/mol. The summed E-state index contributed by atoms with van der Waals surface area (Å²) < 4.78 is 0. The molecule has 1 N–H and O–H groups in total. The van der Waals surface area contributed by atoms with Gasteiger partial charge in [-0.1, -0.05) is 23.8 Å². The lowest BCUT2D eigenvalue weighted by molar-refractivity contribution is -0.121. The average Bonchev–Trinajstić information content (AvgIpc) is 2.46. The van der Waals surface area contributed by atoms with E-state index in [1.165, 1.54) is 5.57 Å². The number of thiol groups is 1. The number of carbonyl (C=O) groups excluding carboxylic acids is 1. The Hall–Kier alpha value is -0.700. The lowest BCUT2D eigenvalue weighted by Gasteiger charge is -2.14. The minimum atomic E-state index is 0.0604. The molecule has 2 atom stereocenters. The summed E-state index contributed by atoms with van der Waals surface area (Å²) >= 11 is 4.30. The minimum Gasteiger partial charge on any atom is -0.355 e. The number of hydrogen-bond donors (Lipinski definition) is 2. The Balaban J connectivity index is 2.21. The van der Waals surface area contributed by atoms with Crippen LogP contribution in [0.5, 0.6) is 0 Å². The monoisotopic (exact) mass is 209 g/mol. The third-order valence-electron chi connectivity index (χ3n) is 2.90. The minimum absolute atomic E-state index is 0.0604. The van der Waals surface area contributed by atoms with Crippen molar-refractivity contribution in [3.05, 3.63) is 23.8 Å². The highest BCUT2D eigenvalue weighted by Gasteiger charge is 2.31. The number of amides is 1. The highest BCUT2D eigenvalue weighted by atomic mass is 32.1. The van der Waals surface area contributed by atoms with Gasteiger partial charge in [-0.25, -0.2) is 0 Å². The van der Waals surface area contributed by atoms with E-state index in [-0.39, 0.29) is 11.8 Å². The van der Waals surface area contributed by atoms with Gasteiger partial charge >= 0.3 is 0 Å². The molecule has 0 aromatic carbocycles. The van der Waals surface area contributed by atoms with Crippen LogP contribution in [0.3, 0.4) is 0 Å². The second kappa shape index (κ2) is 4.22. The first-order valence-corrected chi connectivity index (χ1v) is 5.69. The van der Waals surface area contributed by atoms with Crippen LogP contribution in [0.4, 0.5) is 0 Å². The molecule has 0 radical (unpaired) electrons. The zero-order valence-electron chi connectivity index (χ0n) is 8.07. The van der Waals surface area contributed by atoms with E-state index in [1.807, 2.05) is 0 Å². The molecule has 1 heterocycles. The highest BCUT2D eigenvalue weighted by Crippen LogP contribution is 2.26. The topological polar surface area (TPSA) is 29.1 Å². The first-order chi connectivity index (χ1) is 6.81. The van der Waals surface area contributed by atoms with Crippen LogP contribution in [0.1, 0.15) is 12.8 Å². The van der Waals surface area contributed by atoms with Crippen LogP contribution in [-0.2, 0) is 4.79 Å². The number of allylic oxidation sites excluding steroid dienone is 1. The maximum Gasteiger partial charge on any atom is 0.227 e. The molecule has 76 valence electrons. The molecule has 1 aliphatic heterocycles. The summed E-state index contributed by atoms with van der Waals surface area (Å²) in [5.74, 6) is 1.39. The molecule has 1 amide bonds. The van der Waals surface area contributed by atoms with Gasteiger partial charge in [0.25, 0.3) is 0 Å².